The van der Waals surface area contributed by atoms with Crippen LogP contribution in [0.15, 0.2) is 49.6 Å². The highest BCUT2D eigenvalue weighted by Gasteiger charge is 2.18. The topological polar surface area (TPSA) is 108 Å². The van der Waals surface area contributed by atoms with Crippen molar-refractivity contribution in [2.45, 2.75) is 106 Å². The number of anilines is 1. The number of rotatable bonds is 15. The predicted molar refractivity (Wildman–Crippen MR) is 186 cm³/mol. The molecule has 2 amide bonds. The number of carbonyl (C=O) groups excluding carboxylic acids is 2. The van der Waals surface area contributed by atoms with Crippen LogP contribution in [0.1, 0.15) is 99.0 Å². The van der Waals surface area contributed by atoms with Crippen molar-refractivity contribution in [2.75, 3.05) is 39.5 Å². The zero-order chi connectivity index (χ0) is 32.7. The molecule has 1 aromatic carbocycles. The number of benzene rings is 1. The molecule has 1 atom stereocenters. The Hall–Kier alpha value is -2.64. The molecule has 1 unspecified atom stereocenters. The van der Waals surface area contributed by atoms with Crippen molar-refractivity contribution in [3.8, 4) is 0 Å². The van der Waals surface area contributed by atoms with Crippen molar-refractivity contribution in [3.05, 3.63) is 55.1 Å². The molecule has 0 saturated carbocycles. The molecule has 0 fully saturated rings. The second-order valence-electron chi connectivity index (χ2n) is 9.12. The number of nitrogens with two attached hydrogens (primary N) is 1. The average Bonchev–Trinajstić information content (AvgIpc) is 2.98. The minimum absolute atomic E-state index is 0.0346. The van der Waals surface area contributed by atoms with E-state index in [0.29, 0.717) is 12.5 Å². The zero-order valence-electron chi connectivity index (χ0n) is 28.6. The number of allylic oxidation sites excluding steroid dienone is 1. The van der Waals surface area contributed by atoms with Crippen LogP contribution >= 0.6 is 0 Å². The van der Waals surface area contributed by atoms with Crippen molar-refractivity contribution in [1.29, 1.82) is 0 Å². The first-order chi connectivity index (χ1) is 19.7. The Morgan fingerprint density at radius 3 is 1.78 bits per heavy atom. The summed E-state index contributed by atoms with van der Waals surface area (Å²) >= 11 is 0. The summed E-state index contributed by atoms with van der Waals surface area (Å²) in [5.74, 6) is 0.340. The smallest absolute Gasteiger partial charge is 0.237 e. The minimum atomic E-state index is -0.107. The van der Waals surface area contributed by atoms with Gasteiger partial charge in [-0.2, -0.15) is 0 Å². The Kier molecular flexibility index (Phi) is 52.1. The Labute approximate surface area is 255 Å². The largest absolute Gasteiger partial charge is 0.388 e. The number of aryl methyl sites for hydroxylation is 1. The van der Waals surface area contributed by atoms with Gasteiger partial charge in [0.25, 0.3) is 0 Å². The average molecular weight is 580 g/mol. The molecule has 7 heteroatoms. The first-order valence-corrected chi connectivity index (χ1v) is 15.5. The summed E-state index contributed by atoms with van der Waals surface area (Å²) in [5.41, 5.74) is 6.77. The normalized spacial score (nSPS) is 9.54. The number of amides is 2. The van der Waals surface area contributed by atoms with Crippen LogP contribution in [0.4, 0.5) is 5.69 Å². The lowest BCUT2D eigenvalue weighted by Gasteiger charge is -2.18. The van der Waals surface area contributed by atoms with E-state index in [1.165, 1.54) is 62.6 Å². The van der Waals surface area contributed by atoms with E-state index in [1.54, 1.807) is 13.1 Å². The maximum Gasteiger partial charge on any atom is 0.237 e. The van der Waals surface area contributed by atoms with Crippen LogP contribution in [-0.2, 0) is 16.0 Å². The third-order valence-corrected chi connectivity index (χ3v) is 5.22. The van der Waals surface area contributed by atoms with E-state index < -0.39 is 0 Å². The standard InChI is InChI=1S/C10H15N.C9H18N2O.C8H16.C4H11N.C2H6.CH3NO/c1-3-4-9-5-7-10(11-2)8-6-9;1-5-6-11-9(12)8(10-4)7(2)3;1-3-5-7-8-6-4-2;1-3-4-5-2;1-2;2-1-3/h5-8,11H,3-4H2,1-2H3;5,7-8,10H,1,6H2,2-4H3,(H,11,12);3H,1,4-8H2,2H3;5H,3-4H2,1-2H3;1-2H3;1H,(H2,2,3). The molecule has 0 aliphatic rings. The van der Waals surface area contributed by atoms with Gasteiger partial charge in [0.15, 0.2) is 0 Å². The van der Waals surface area contributed by atoms with E-state index in [1.807, 2.05) is 47.9 Å². The van der Waals surface area contributed by atoms with Gasteiger partial charge < -0.3 is 27.0 Å². The van der Waals surface area contributed by atoms with Gasteiger partial charge in [-0.3, -0.25) is 9.59 Å². The predicted octanol–water partition coefficient (Wildman–Crippen LogP) is 7.10. The van der Waals surface area contributed by atoms with Crippen molar-refractivity contribution >= 4 is 18.0 Å². The minimum Gasteiger partial charge on any atom is -0.388 e. The molecular formula is C34H69N5O2. The maximum atomic E-state index is 11.4. The lowest BCUT2D eigenvalue weighted by molar-refractivity contribution is -0.123. The van der Waals surface area contributed by atoms with Gasteiger partial charge >= 0.3 is 0 Å². The molecule has 0 saturated heterocycles. The van der Waals surface area contributed by atoms with Gasteiger partial charge in [-0.1, -0.05) is 98.4 Å². The Balaban J connectivity index is -0.000000138. The highest BCUT2D eigenvalue weighted by atomic mass is 16.2. The number of unbranched alkanes of at least 4 members (excludes halogenated alkanes) is 4. The molecule has 41 heavy (non-hydrogen) atoms. The lowest BCUT2D eigenvalue weighted by Crippen LogP contribution is -2.45. The third-order valence-electron chi connectivity index (χ3n) is 5.22. The number of likely N-dealkylation sites (N-methyl/N-ethyl adjacent to an activating group) is 1. The summed E-state index contributed by atoms with van der Waals surface area (Å²) < 4.78 is 0. The van der Waals surface area contributed by atoms with Gasteiger partial charge in [-0.15, -0.1) is 13.2 Å². The monoisotopic (exact) mass is 580 g/mol. The van der Waals surface area contributed by atoms with E-state index in [0.717, 1.165) is 6.54 Å². The van der Waals surface area contributed by atoms with Gasteiger partial charge in [0.2, 0.25) is 12.3 Å². The number of primary amides is 1. The number of nitrogens with one attached hydrogen (secondary N) is 4. The Bertz CT molecular complexity index is 647. The van der Waals surface area contributed by atoms with E-state index in [9.17, 15) is 4.79 Å². The third kappa shape index (κ3) is 42.0. The summed E-state index contributed by atoms with van der Waals surface area (Å²) in [5, 5.41) is 11.8. The number of hydrogen-bond donors (Lipinski definition) is 5. The van der Waals surface area contributed by atoms with Gasteiger partial charge in [0, 0.05) is 19.3 Å². The fourth-order valence-corrected chi connectivity index (χ4v) is 3.14. The van der Waals surface area contributed by atoms with Crippen LogP contribution in [0.3, 0.4) is 0 Å². The van der Waals surface area contributed by atoms with Crippen molar-refractivity contribution < 1.29 is 9.59 Å². The Morgan fingerprint density at radius 2 is 1.46 bits per heavy atom. The highest BCUT2D eigenvalue weighted by Crippen LogP contribution is 2.09. The second-order valence-corrected chi connectivity index (χ2v) is 9.12. The van der Waals surface area contributed by atoms with Gasteiger partial charge in [0.1, 0.15) is 0 Å². The maximum absolute atomic E-state index is 11.4. The van der Waals surface area contributed by atoms with Crippen LogP contribution in [0, 0.1) is 5.92 Å². The summed E-state index contributed by atoms with van der Waals surface area (Å²) in [7, 11) is 5.69. The molecule has 0 aliphatic carbocycles. The van der Waals surface area contributed by atoms with Crippen molar-refractivity contribution in [1.82, 2.24) is 16.0 Å². The molecule has 0 aliphatic heterocycles. The SMILES string of the molecule is C=CCCCCCC.C=CCNC(=O)C(NC)C(C)C.CC.CCCNC.CCCc1ccc(NC)cc1.NC=O. The molecule has 6 N–H and O–H groups in total. The Morgan fingerprint density at radius 1 is 0.902 bits per heavy atom. The summed E-state index contributed by atoms with van der Waals surface area (Å²) in [6.45, 7) is 23.5. The fraction of sp³-hybridized carbons (Fsp3) is 0.647. The van der Waals surface area contributed by atoms with Crippen LogP contribution in [0.2, 0.25) is 0 Å². The van der Waals surface area contributed by atoms with E-state index in [4.69, 9.17) is 4.79 Å². The summed E-state index contributed by atoms with van der Waals surface area (Å²) in [4.78, 5) is 19.9. The molecule has 0 aromatic heterocycles. The van der Waals surface area contributed by atoms with Crippen LogP contribution < -0.4 is 27.0 Å². The van der Waals surface area contributed by atoms with Crippen molar-refractivity contribution in [2.24, 2.45) is 11.7 Å². The summed E-state index contributed by atoms with van der Waals surface area (Å²) in [6, 6.07) is 8.48. The first kappa shape index (κ1) is 48.1. The molecule has 1 aromatic rings. The second kappa shape index (κ2) is 44.4. The lowest BCUT2D eigenvalue weighted by atomic mass is 10.0. The molecule has 0 radical (unpaired) electrons. The number of hydrogen-bond acceptors (Lipinski definition) is 5. The molecule has 0 spiro atoms. The van der Waals surface area contributed by atoms with E-state index in [2.05, 4.69) is 85.2 Å². The van der Waals surface area contributed by atoms with Gasteiger partial charge in [-0.05, 0) is 69.9 Å². The molecule has 7 nitrogen and oxygen atoms in total. The molecule has 242 valence electrons. The molecule has 1 rings (SSSR count). The molecule has 0 bridgehead atoms. The van der Waals surface area contributed by atoms with Crippen molar-refractivity contribution in [3.63, 3.8) is 0 Å². The van der Waals surface area contributed by atoms with Crippen LogP contribution in [-0.4, -0.2) is 52.6 Å². The quantitative estimate of drug-likeness (QED) is 0.0865. The van der Waals surface area contributed by atoms with Gasteiger partial charge in [-0.25, -0.2) is 0 Å². The van der Waals surface area contributed by atoms with Crippen LogP contribution in [0.5, 0.6) is 0 Å². The molecular weight excluding hydrogens is 510 g/mol. The fourth-order valence-electron chi connectivity index (χ4n) is 3.14. The first-order valence-electron chi connectivity index (χ1n) is 15.5. The highest BCUT2D eigenvalue weighted by molar-refractivity contribution is 5.82. The number of carbonyl (C=O) groups is 2. The van der Waals surface area contributed by atoms with E-state index in [-0.39, 0.29) is 18.4 Å². The zero-order valence-corrected chi connectivity index (χ0v) is 28.6. The van der Waals surface area contributed by atoms with Crippen LogP contribution in [0.25, 0.3) is 0 Å². The molecule has 0 heterocycles. The van der Waals surface area contributed by atoms with E-state index >= 15 is 0 Å². The summed E-state index contributed by atoms with van der Waals surface area (Å²) in [6.07, 6.45) is 14.2. The van der Waals surface area contributed by atoms with Gasteiger partial charge in [0.05, 0.1) is 6.04 Å².